The van der Waals surface area contributed by atoms with Crippen LogP contribution in [0.5, 0.6) is 0 Å². The molecule has 1 fully saturated rings. The summed E-state index contributed by atoms with van der Waals surface area (Å²) in [5.74, 6) is 0.505. The van der Waals surface area contributed by atoms with Crippen molar-refractivity contribution in [3.8, 4) is 0 Å². The number of ketones is 1. The molecule has 0 aromatic rings. The normalized spacial score (nSPS) is 22.8. The van der Waals surface area contributed by atoms with Gasteiger partial charge in [-0.1, -0.05) is 13.8 Å². The summed E-state index contributed by atoms with van der Waals surface area (Å²) in [6.07, 6.45) is 3.87. The molecule has 1 heterocycles. The molecule has 4 nitrogen and oxygen atoms in total. The first kappa shape index (κ1) is 14.2. The average molecular weight is 240 g/mol. The average Bonchev–Trinajstić information content (AvgIpc) is 2.32. The number of rotatable bonds is 3. The molecule has 0 radical (unpaired) electrons. The van der Waals surface area contributed by atoms with Crippen LogP contribution in [0.1, 0.15) is 46.0 Å². The van der Waals surface area contributed by atoms with Crippen LogP contribution in [0.3, 0.4) is 0 Å². The van der Waals surface area contributed by atoms with Crippen LogP contribution >= 0.6 is 0 Å². The highest BCUT2D eigenvalue weighted by molar-refractivity contribution is 5.89. The molecule has 1 atom stereocenters. The van der Waals surface area contributed by atoms with E-state index in [2.05, 4.69) is 10.6 Å². The molecule has 98 valence electrons. The smallest absolute Gasteiger partial charge is 0.220 e. The minimum Gasteiger partial charge on any atom is -0.346 e. The Morgan fingerprint density at radius 2 is 2.18 bits per heavy atom. The fraction of sp³-hybridized carbons (Fsp3) is 0.846. The molecule has 1 aliphatic heterocycles. The Hall–Kier alpha value is -0.900. The highest BCUT2D eigenvalue weighted by Gasteiger charge is 2.20. The van der Waals surface area contributed by atoms with E-state index in [1.807, 2.05) is 13.8 Å². The van der Waals surface area contributed by atoms with Gasteiger partial charge in [0, 0.05) is 19.4 Å². The molecular formula is C13H24N2O2. The number of nitrogens with one attached hydrogen (secondary N) is 2. The second-order valence-corrected chi connectivity index (χ2v) is 5.18. The van der Waals surface area contributed by atoms with Gasteiger partial charge in [-0.3, -0.25) is 9.59 Å². The minimum atomic E-state index is -0.263. The highest BCUT2D eigenvalue weighted by atomic mass is 16.2. The number of hydrogen-bond donors (Lipinski definition) is 2. The summed E-state index contributed by atoms with van der Waals surface area (Å²) >= 11 is 0. The van der Waals surface area contributed by atoms with E-state index >= 15 is 0 Å². The number of Topliss-reactive ketones (excluding diaryl/α,β-unsaturated/α-hetero) is 1. The molecule has 1 aliphatic rings. The highest BCUT2D eigenvalue weighted by Crippen LogP contribution is 2.07. The van der Waals surface area contributed by atoms with Crippen LogP contribution in [-0.4, -0.2) is 30.8 Å². The Labute approximate surface area is 104 Å². The molecule has 1 rings (SSSR count). The first-order valence-electron chi connectivity index (χ1n) is 6.62. The molecule has 4 heteroatoms. The molecular weight excluding hydrogens is 216 g/mol. The lowest BCUT2D eigenvalue weighted by atomic mass is 10.0. The lowest BCUT2D eigenvalue weighted by Gasteiger charge is -2.17. The molecule has 0 aliphatic carbocycles. The Bertz CT molecular complexity index is 264. The molecule has 1 unspecified atom stereocenters. The zero-order valence-corrected chi connectivity index (χ0v) is 10.9. The van der Waals surface area contributed by atoms with Gasteiger partial charge in [-0.25, -0.2) is 0 Å². The predicted molar refractivity (Wildman–Crippen MR) is 67.7 cm³/mol. The van der Waals surface area contributed by atoms with Gasteiger partial charge < -0.3 is 10.6 Å². The number of carbonyl (C=O) groups excluding carboxylic acids is 2. The predicted octanol–water partition coefficient (Wildman–Crippen LogP) is 1.25. The summed E-state index contributed by atoms with van der Waals surface area (Å²) in [6.45, 7) is 5.72. The monoisotopic (exact) mass is 240 g/mol. The number of carbonyl (C=O) groups is 2. The van der Waals surface area contributed by atoms with Gasteiger partial charge in [-0.15, -0.1) is 0 Å². The van der Waals surface area contributed by atoms with Gasteiger partial charge in [0.15, 0.2) is 5.78 Å². The second-order valence-electron chi connectivity index (χ2n) is 5.18. The van der Waals surface area contributed by atoms with Gasteiger partial charge in [-0.05, 0) is 31.7 Å². The summed E-state index contributed by atoms with van der Waals surface area (Å²) in [5.41, 5.74) is 0. The molecule has 0 aromatic heterocycles. The third kappa shape index (κ3) is 5.82. The van der Waals surface area contributed by atoms with Crippen molar-refractivity contribution in [2.24, 2.45) is 5.92 Å². The quantitative estimate of drug-likeness (QED) is 0.780. The molecule has 2 N–H and O–H groups in total. The van der Waals surface area contributed by atoms with Crippen molar-refractivity contribution < 1.29 is 9.59 Å². The van der Waals surface area contributed by atoms with Crippen LogP contribution in [-0.2, 0) is 9.59 Å². The van der Waals surface area contributed by atoms with E-state index in [-0.39, 0.29) is 17.7 Å². The van der Waals surface area contributed by atoms with E-state index in [9.17, 15) is 9.59 Å². The molecule has 0 saturated carbocycles. The SMILES string of the molecule is CC(C)CC(=O)NC1CCCCNCCC1=O. The van der Waals surface area contributed by atoms with Crippen molar-refractivity contribution >= 4 is 11.7 Å². The van der Waals surface area contributed by atoms with Crippen molar-refractivity contribution in [2.45, 2.75) is 52.0 Å². The summed E-state index contributed by atoms with van der Waals surface area (Å²) in [6, 6.07) is -0.263. The first-order valence-corrected chi connectivity index (χ1v) is 6.62. The number of hydrogen-bond acceptors (Lipinski definition) is 3. The minimum absolute atomic E-state index is 0.00514. The van der Waals surface area contributed by atoms with Crippen LogP contribution in [0, 0.1) is 5.92 Å². The van der Waals surface area contributed by atoms with E-state index in [1.165, 1.54) is 0 Å². The lowest BCUT2D eigenvalue weighted by Crippen LogP contribution is -2.41. The van der Waals surface area contributed by atoms with Crippen molar-refractivity contribution in [3.05, 3.63) is 0 Å². The van der Waals surface area contributed by atoms with Crippen LogP contribution in [0.15, 0.2) is 0 Å². The van der Waals surface area contributed by atoms with Crippen LogP contribution < -0.4 is 10.6 Å². The Kier molecular flexibility index (Phi) is 6.19. The Balaban J connectivity index is 2.46. The first-order chi connectivity index (χ1) is 8.09. The second kappa shape index (κ2) is 7.43. The van der Waals surface area contributed by atoms with Crippen molar-refractivity contribution in [3.63, 3.8) is 0 Å². The van der Waals surface area contributed by atoms with Gasteiger partial charge in [0.2, 0.25) is 5.91 Å². The van der Waals surface area contributed by atoms with Gasteiger partial charge in [0.25, 0.3) is 0 Å². The third-order valence-electron chi connectivity index (χ3n) is 2.96. The summed E-state index contributed by atoms with van der Waals surface area (Å²) < 4.78 is 0. The van der Waals surface area contributed by atoms with Crippen LogP contribution in [0.4, 0.5) is 0 Å². The number of amides is 1. The summed E-state index contributed by atoms with van der Waals surface area (Å²) in [4.78, 5) is 23.6. The van der Waals surface area contributed by atoms with E-state index in [0.29, 0.717) is 18.8 Å². The largest absolute Gasteiger partial charge is 0.346 e. The molecule has 17 heavy (non-hydrogen) atoms. The maximum Gasteiger partial charge on any atom is 0.220 e. The molecule has 0 aromatic carbocycles. The Morgan fingerprint density at radius 1 is 1.41 bits per heavy atom. The maximum absolute atomic E-state index is 11.9. The van der Waals surface area contributed by atoms with Crippen molar-refractivity contribution in [1.82, 2.24) is 10.6 Å². The maximum atomic E-state index is 11.9. The van der Waals surface area contributed by atoms with Crippen molar-refractivity contribution in [2.75, 3.05) is 13.1 Å². The van der Waals surface area contributed by atoms with E-state index in [0.717, 1.165) is 32.4 Å². The topological polar surface area (TPSA) is 58.2 Å². The lowest BCUT2D eigenvalue weighted by molar-refractivity contribution is -0.128. The molecule has 1 amide bonds. The van der Waals surface area contributed by atoms with E-state index in [4.69, 9.17) is 0 Å². The van der Waals surface area contributed by atoms with Gasteiger partial charge >= 0.3 is 0 Å². The zero-order chi connectivity index (χ0) is 12.7. The molecule has 0 spiro atoms. The van der Waals surface area contributed by atoms with Gasteiger partial charge in [-0.2, -0.15) is 0 Å². The summed E-state index contributed by atoms with van der Waals surface area (Å²) in [5, 5.41) is 6.11. The van der Waals surface area contributed by atoms with Crippen LogP contribution in [0.25, 0.3) is 0 Å². The fourth-order valence-corrected chi connectivity index (χ4v) is 2.05. The van der Waals surface area contributed by atoms with E-state index in [1.54, 1.807) is 0 Å². The standard InChI is InChI=1S/C13H24N2O2/c1-10(2)9-13(17)15-11-5-3-4-7-14-8-6-12(11)16/h10-11,14H,3-9H2,1-2H3,(H,15,17). The van der Waals surface area contributed by atoms with Crippen molar-refractivity contribution in [1.29, 1.82) is 0 Å². The third-order valence-corrected chi connectivity index (χ3v) is 2.96. The van der Waals surface area contributed by atoms with Gasteiger partial charge in [0.1, 0.15) is 0 Å². The zero-order valence-electron chi connectivity index (χ0n) is 10.9. The van der Waals surface area contributed by atoms with Gasteiger partial charge in [0.05, 0.1) is 6.04 Å². The summed E-state index contributed by atoms with van der Waals surface area (Å²) in [7, 11) is 0. The molecule has 1 saturated heterocycles. The molecule has 0 bridgehead atoms. The Morgan fingerprint density at radius 3 is 2.88 bits per heavy atom. The fourth-order valence-electron chi connectivity index (χ4n) is 2.05. The van der Waals surface area contributed by atoms with Crippen LogP contribution in [0.2, 0.25) is 0 Å². The van der Waals surface area contributed by atoms with E-state index < -0.39 is 0 Å².